The molecule has 1 heterocycles. The molecule has 1 unspecified atom stereocenters. The highest BCUT2D eigenvalue weighted by atomic mass is 127. The van der Waals surface area contributed by atoms with E-state index in [2.05, 4.69) is 22.6 Å². The van der Waals surface area contributed by atoms with Gasteiger partial charge in [0, 0.05) is 11.0 Å². The van der Waals surface area contributed by atoms with E-state index in [0.29, 0.717) is 6.10 Å². The Bertz CT molecular complexity index is 160. The molecular formula is C10H17IO2. The van der Waals surface area contributed by atoms with Crippen LogP contribution in [0.3, 0.4) is 0 Å². The molecule has 0 bridgehead atoms. The van der Waals surface area contributed by atoms with Crippen molar-refractivity contribution < 1.29 is 9.47 Å². The van der Waals surface area contributed by atoms with Gasteiger partial charge in [-0.05, 0) is 19.3 Å². The smallest absolute Gasteiger partial charge is 0.0838 e. The normalized spacial score (nSPS) is 32.5. The molecular weight excluding hydrogens is 279 g/mol. The van der Waals surface area contributed by atoms with Crippen molar-refractivity contribution in [2.24, 2.45) is 0 Å². The zero-order valence-electron chi connectivity index (χ0n) is 7.93. The monoisotopic (exact) mass is 296 g/mol. The summed E-state index contributed by atoms with van der Waals surface area (Å²) in [7, 11) is 0. The van der Waals surface area contributed by atoms with Crippen LogP contribution >= 0.6 is 22.6 Å². The molecule has 0 radical (unpaired) electrons. The fourth-order valence-corrected chi connectivity index (χ4v) is 3.20. The summed E-state index contributed by atoms with van der Waals surface area (Å²) < 4.78 is 12.6. The van der Waals surface area contributed by atoms with Gasteiger partial charge in [-0.1, -0.05) is 35.4 Å². The van der Waals surface area contributed by atoms with E-state index < -0.39 is 0 Å². The molecule has 0 spiro atoms. The van der Waals surface area contributed by atoms with E-state index in [1.54, 1.807) is 0 Å². The van der Waals surface area contributed by atoms with Crippen LogP contribution in [0.15, 0.2) is 0 Å². The fourth-order valence-electron chi connectivity index (χ4n) is 2.26. The van der Waals surface area contributed by atoms with E-state index in [1.165, 1.54) is 25.7 Å². The Balaban J connectivity index is 1.88. The van der Waals surface area contributed by atoms with Gasteiger partial charge in [-0.2, -0.15) is 0 Å². The second-order valence-corrected chi connectivity index (χ2v) is 4.89. The van der Waals surface area contributed by atoms with Crippen molar-refractivity contribution >= 4 is 22.6 Å². The van der Waals surface area contributed by atoms with Crippen molar-refractivity contribution in [3.05, 3.63) is 0 Å². The molecule has 1 saturated carbocycles. The first kappa shape index (κ1) is 10.2. The second kappa shape index (κ2) is 4.45. The Morgan fingerprint density at radius 2 is 2.15 bits per heavy atom. The third kappa shape index (κ3) is 2.36. The van der Waals surface area contributed by atoms with Crippen LogP contribution in [0.25, 0.3) is 0 Å². The molecule has 2 fully saturated rings. The van der Waals surface area contributed by atoms with Crippen LogP contribution < -0.4 is 0 Å². The first-order valence-electron chi connectivity index (χ1n) is 5.16. The number of hydrogen-bond acceptors (Lipinski definition) is 2. The summed E-state index contributed by atoms with van der Waals surface area (Å²) in [5.41, 5.74) is 0.207. The molecule has 1 saturated heterocycles. The zero-order valence-corrected chi connectivity index (χ0v) is 10.1. The minimum atomic E-state index is 0.207. The molecule has 2 aliphatic rings. The maximum Gasteiger partial charge on any atom is 0.0838 e. The molecule has 13 heavy (non-hydrogen) atoms. The Morgan fingerprint density at radius 1 is 1.38 bits per heavy atom. The average molecular weight is 296 g/mol. The molecule has 1 atom stereocenters. The van der Waals surface area contributed by atoms with Crippen molar-refractivity contribution in [3.8, 4) is 0 Å². The standard InChI is InChI=1S/C10H17IO2/c11-8-10(4-1-2-5-10)13-9-3-6-12-7-9/h9H,1-8H2. The average Bonchev–Trinajstić information content (AvgIpc) is 2.77. The van der Waals surface area contributed by atoms with Gasteiger partial charge in [0.25, 0.3) is 0 Å². The summed E-state index contributed by atoms with van der Waals surface area (Å²) in [6.45, 7) is 1.71. The van der Waals surface area contributed by atoms with Crippen LogP contribution in [0.2, 0.25) is 0 Å². The van der Waals surface area contributed by atoms with Gasteiger partial charge in [0.15, 0.2) is 0 Å². The molecule has 0 aromatic heterocycles. The van der Waals surface area contributed by atoms with Gasteiger partial charge in [-0.25, -0.2) is 0 Å². The minimum Gasteiger partial charge on any atom is -0.379 e. The van der Waals surface area contributed by atoms with Gasteiger partial charge < -0.3 is 9.47 Å². The van der Waals surface area contributed by atoms with Crippen LogP contribution in [-0.4, -0.2) is 29.3 Å². The molecule has 0 aromatic rings. The topological polar surface area (TPSA) is 18.5 Å². The van der Waals surface area contributed by atoms with Crippen LogP contribution in [0.5, 0.6) is 0 Å². The Labute approximate surface area is 93.5 Å². The first-order valence-corrected chi connectivity index (χ1v) is 6.69. The lowest BCUT2D eigenvalue weighted by Gasteiger charge is -2.30. The van der Waals surface area contributed by atoms with Gasteiger partial charge in [-0.3, -0.25) is 0 Å². The Hall–Kier alpha value is 0.650. The predicted octanol–water partition coefficient (Wildman–Crippen LogP) is 2.54. The van der Waals surface area contributed by atoms with E-state index in [0.717, 1.165) is 24.1 Å². The summed E-state index contributed by atoms with van der Waals surface area (Å²) in [5, 5.41) is 0. The maximum atomic E-state index is 6.18. The van der Waals surface area contributed by atoms with Crippen LogP contribution in [-0.2, 0) is 9.47 Å². The quantitative estimate of drug-likeness (QED) is 0.588. The van der Waals surface area contributed by atoms with Crippen molar-refractivity contribution in [3.63, 3.8) is 0 Å². The lowest BCUT2D eigenvalue weighted by Crippen LogP contribution is -2.35. The van der Waals surface area contributed by atoms with E-state index in [1.807, 2.05) is 0 Å². The molecule has 2 nitrogen and oxygen atoms in total. The fraction of sp³-hybridized carbons (Fsp3) is 1.00. The molecule has 1 aliphatic carbocycles. The Morgan fingerprint density at radius 3 is 2.69 bits per heavy atom. The van der Waals surface area contributed by atoms with E-state index >= 15 is 0 Å². The number of rotatable bonds is 3. The summed E-state index contributed by atoms with van der Waals surface area (Å²) in [4.78, 5) is 0. The van der Waals surface area contributed by atoms with Crippen LogP contribution in [0.1, 0.15) is 32.1 Å². The summed E-state index contributed by atoms with van der Waals surface area (Å²) in [6, 6.07) is 0. The predicted molar refractivity (Wildman–Crippen MR) is 60.4 cm³/mol. The number of hydrogen-bond donors (Lipinski definition) is 0. The molecule has 3 heteroatoms. The second-order valence-electron chi connectivity index (χ2n) is 4.13. The highest BCUT2D eigenvalue weighted by Crippen LogP contribution is 2.36. The third-order valence-electron chi connectivity index (χ3n) is 3.06. The molecule has 76 valence electrons. The lowest BCUT2D eigenvalue weighted by atomic mass is 10.1. The van der Waals surface area contributed by atoms with Crippen LogP contribution in [0, 0.1) is 0 Å². The largest absolute Gasteiger partial charge is 0.379 e. The SMILES string of the molecule is ICC1(OC2CCOC2)CCCC1. The zero-order chi connectivity index (χ0) is 9.15. The van der Waals surface area contributed by atoms with Gasteiger partial charge in [-0.15, -0.1) is 0 Å². The summed E-state index contributed by atoms with van der Waals surface area (Å²) in [6.07, 6.45) is 6.68. The van der Waals surface area contributed by atoms with E-state index in [9.17, 15) is 0 Å². The van der Waals surface area contributed by atoms with E-state index in [4.69, 9.17) is 9.47 Å². The van der Waals surface area contributed by atoms with Crippen molar-refractivity contribution in [1.82, 2.24) is 0 Å². The van der Waals surface area contributed by atoms with Crippen LogP contribution in [0.4, 0.5) is 0 Å². The molecule has 1 aliphatic heterocycles. The van der Waals surface area contributed by atoms with Gasteiger partial charge in [0.2, 0.25) is 0 Å². The maximum absolute atomic E-state index is 6.18. The van der Waals surface area contributed by atoms with Crippen molar-refractivity contribution in [1.29, 1.82) is 0 Å². The first-order chi connectivity index (χ1) is 6.35. The van der Waals surface area contributed by atoms with Crippen molar-refractivity contribution in [2.75, 3.05) is 17.6 Å². The van der Waals surface area contributed by atoms with Gasteiger partial charge in [0.05, 0.1) is 18.3 Å². The molecule has 0 amide bonds. The van der Waals surface area contributed by atoms with Gasteiger partial charge in [0.1, 0.15) is 0 Å². The highest BCUT2D eigenvalue weighted by Gasteiger charge is 2.36. The molecule has 0 aromatic carbocycles. The van der Waals surface area contributed by atoms with Gasteiger partial charge >= 0.3 is 0 Å². The highest BCUT2D eigenvalue weighted by molar-refractivity contribution is 14.1. The summed E-state index contributed by atoms with van der Waals surface area (Å²) >= 11 is 2.46. The number of ether oxygens (including phenoxy) is 2. The third-order valence-corrected chi connectivity index (χ3v) is 4.45. The van der Waals surface area contributed by atoms with Crippen molar-refractivity contribution in [2.45, 2.75) is 43.8 Å². The molecule has 0 N–H and O–H groups in total. The minimum absolute atomic E-state index is 0.207. The Kier molecular flexibility index (Phi) is 3.48. The molecule has 2 rings (SSSR count). The number of halogens is 1. The van der Waals surface area contributed by atoms with E-state index in [-0.39, 0.29) is 5.60 Å². The number of alkyl halides is 1. The lowest BCUT2D eigenvalue weighted by molar-refractivity contribution is -0.0738. The summed E-state index contributed by atoms with van der Waals surface area (Å²) in [5.74, 6) is 0.